The number of halogens is 4. The van der Waals surface area contributed by atoms with E-state index in [0.717, 1.165) is 53.1 Å². The molecule has 0 amide bonds. The second-order valence-corrected chi connectivity index (χ2v) is 10.2. The first-order chi connectivity index (χ1) is 16.4. The van der Waals surface area contributed by atoms with Crippen LogP contribution in [0.5, 0.6) is 0 Å². The summed E-state index contributed by atoms with van der Waals surface area (Å²) in [5.74, 6) is 0.0693. The molecule has 1 aliphatic heterocycles. The Morgan fingerprint density at radius 2 is 1.82 bits per heavy atom. The first-order valence-electron chi connectivity index (χ1n) is 11.9. The monoisotopic (exact) mass is 536 g/mol. The van der Waals surface area contributed by atoms with Crippen LogP contribution in [0.1, 0.15) is 55.7 Å². The molecule has 1 aliphatic carbocycles. The van der Waals surface area contributed by atoms with Gasteiger partial charge in [0.1, 0.15) is 5.82 Å². The third-order valence-electron chi connectivity index (χ3n) is 7.27. The summed E-state index contributed by atoms with van der Waals surface area (Å²) in [6, 6.07) is 6.29. The van der Waals surface area contributed by atoms with Gasteiger partial charge in [-0.25, -0.2) is 4.98 Å². The van der Waals surface area contributed by atoms with Gasteiger partial charge in [0.2, 0.25) is 0 Å². The molecule has 1 saturated heterocycles. The number of likely N-dealkylation sites (tertiary alicyclic amines) is 1. The van der Waals surface area contributed by atoms with Crippen LogP contribution in [-0.4, -0.2) is 49.8 Å². The van der Waals surface area contributed by atoms with E-state index >= 15 is 0 Å². The molecule has 1 saturated carbocycles. The minimum Gasteiger partial charge on any atom is -0.366 e. The molecular weight excluding hydrogens is 509 g/mol. The van der Waals surface area contributed by atoms with Crippen LogP contribution >= 0.6 is 15.9 Å². The Morgan fingerprint density at radius 1 is 1.06 bits per heavy atom. The lowest BCUT2D eigenvalue weighted by molar-refractivity contribution is -0.184. The molecule has 1 N–H and O–H groups in total. The first-order valence-corrected chi connectivity index (χ1v) is 12.7. The van der Waals surface area contributed by atoms with Crippen molar-refractivity contribution in [1.82, 2.24) is 24.5 Å². The quantitative estimate of drug-likeness (QED) is 0.446. The van der Waals surface area contributed by atoms with E-state index in [9.17, 15) is 13.2 Å². The zero-order chi connectivity index (χ0) is 23.7. The Balaban J connectivity index is 1.25. The summed E-state index contributed by atoms with van der Waals surface area (Å²) in [4.78, 5) is 11.5. The van der Waals surface area contributed by atoms with Crippen LogP contribution in [0, 0.1) is 5.92 Å². The number of nitrogens with zero attached hydrogens (tertiary/aromatic N) is 5. The van der Waals surface area contributed by atoms with E-state index in [-0.39, 0.29) is 18.9 Å². The highest BCUT2D eigenvalue weighted by Gasteiger charge is 2.42. The van der Waals surface area contributed by atoms with E-state index < -0.39 is 12.1 Å². The Kier molecular flexibility index (Phi) is 6.79. The summed E-state index contributed by atoms with van der Waals surface area (Å²) < 4.78 is 41.7. The molecule has 4 heterocycles. The zero-order valence-electron chi connectivity index (χ0n) is 18.8. The SMILES string of the molecule is FC(F)(F)C1CCC(N2CCC(c3cc(NCc4cccnc4)n4ncc(Br)c4n3)CC2)CC1. The van der Waals surface area contributed by atoms with Gasteiger partial charge in [0.15, 0.2) is 5.65 Å². The molecule has 6 nitrogen and oxygen atoms in total. The maximum Gasteiger partial charge on any atom is 0.391 e. The molecule has 0 atom stereocenters. The molecule has 2 aliphatic rings. The molecule has 0 bridgehead atoms. The second kappa shape index (κ2) is 9.81. The lowest BCUT2D eigenvalue weighted by atomic mass is 9.83. The highest BCUT2D eigenvalue weighted by atomic mass is 79.9. The molecule has 34 heavy (non-hydrogen) atoms. The summed E-state index contributed by atoms with van der Waals surface area (Å²) in [7, 11) is 0. The van der Waals surface area contributed by atoms with Gasteiger partial charge in [-0.2, -0.15) is 22.8 Å². The van der Waals surface area contributed by atoms with Crippen LogP contribution in [0.2, 0.25) is 0 Å². The normalized spacial score (nSPS) is 22.8. The number of piperidine rings is 1. The number of pyridine rings is 1. The van der Waals surface area contributed by atoms with Crippen LogP contribution in [0.3, 0.4) is 0 Å². The van der Waals surface area contributed by atoms with Crippen molar-refractivity contribution in [3.05, 3.63) is 52.5 Å². The molecule has 0 radical (unpaired) electrons. The molecule has 0 spiro atoms. The molecule has 10 heteroatoms. The topological polar surface area (TPSA) is 58.4 Å². The standard InChI is InChI=1S/C24H28BrF3N6/c25-20-15-31-34-22(30-14-16-2-1-9-29-13-16)12-21(32-23(20)34)17-7-10-33(11-8-17)19-5-3-18(4-6-19)24(26,27)28/h1-2,9,12-13,15,17-19,30H,3-8,10-11,14H2. The molecular formula is C24H28BrF3N6. The van der Waals surface area contributed by atoms with E-state index in [1.165, 1.54) is 0 Å². The Hall–Kier alpha value is -2.20. The molecule has 0 aromatic carbocycles. The van der Waals surface area contributed by atoms with Crippen LogP contribution in [0.15, 0.2) is 41.3 Å². The zero-order valence-corrected chi connectivity index (χ0v) is 20.4. The number of hydrogen-bond acceptors (Lipinski definition) is 5. The van der Waals surface area contributed by atoms with E-state index in [2.05, 4.69) is 42.3 Å². The van der Waals surface area contributed by atoms with Crippen LogP contribution < -0.4 is 5.32 Å². The van der Waals surface area contributed by atoms with Crippen molar-refractivity contribution in [2.24, 2.45) is 5.92 Å². The molecule has 0 unspecified atom stereocenters. The number of rotatable bonds is 5. The highest BCUT2D eigenvalue weighted by molar-refractivity contribution is 9.10. The third kappa shape index (κ3) is 5.07. The van der Waals surface area contributed by atoms with Gasteiger partial charge in [-0.05, 0) is 79.2 Å². The molecule has 3 aromatic heterocycles. The predicted octanol–water partition coefficient (Wildman–Crippen LogP) is 5.80. The van der Waals surface area contributed by atoms with Crippen molar-refractivity contribution in [1.29, 1.82) is 0 Å². The smallest absolute Gasteiger partial charge is 0.366 e. The largest absolute Gasteiger partial charge is 0.391 e. The molecule has 2 fully saturated rings. The fraction of sp³-hybridized carbons (Fsp3) is 0.542. The van der Waals surface area contributed by atoms with Crippen molar-refractivity contribution >= 4 is 27.4 Å². The number of fused-ring (bicyclic) bond motifs is 1. The Morgan fingerprint density at radius 3 is 2.50 bits per heavy atom. The highest BCUT2D eigenvalue weighted by Crippen LogP contribution is 2.40. The average Bonchev–Trinajstić information content (AvgIpc) is 3.23. The number of aromatic nitrogens is 4. The summed E-state index contributed by atoms with van der Waals surface area (Å²) in [5.41, 5.74) is 2.88. The summed E-state index contributed by atoms with van der Waals surface area (Å²) in [6.07, 6.45) is 5.00. The fourth-order valence-corrected chi connectivity index (χ4v) is 5.66. The van der Waals surface area contributed by atoms with Crippen LogP contribution in [-0.2, 0) is 6.54 Å². The van der Waals surface area contributed by atoms with Gasteiger partial charge in [-0.3, -0.25) is 4.98 Å². The second-order valence-electron chi connectivity index (χ2n) is 9.37. The van der Waals surface area contributed by atoms with Crippen molar-refractivity contribution in [2.75, 3.05) is 18.4 Å². The summed E-state index contributed by atoms with van der Waals surface area (Å²) >= 11 is 3.56. The van der Waals surface area contributed by atoms with Crippen molar-refractivity contribution in [2.45, 2.75) is 63.2 Å². The Labute approximate surface area is 205 Å². The van der Waals surface area contributed by atoms with E-state index in [4.69, 9.17) is 4.98 Å². The van der Waals surface area contributed by atoms with Gasteiger partial charge in [-0.15, -0.1) is 0 Å². The van der Waals surface area contributed by atoms with Gasteiger partial charge in [0.25, 0.3) is 0 Å². The number of alkyl halides is 3. The van der Waals surface area contributed by atoms with Gasteiger partial charge in [-0.1, -0.05) is 6.07 Å². The fourth-order valence-electron chi connectivity index (χ4n) is 5.31. The van der Waals surface area contributed by atoms with Crippen LogP contribution in [0.25, 0.3) is 5.65 Å². The maximum absolute atomic E-state index is 13.0. The lowest BCUT2D eigenvalue weighted by Crippen LogP contribution is -2.44. The maximum atomic E-state index is 13.0. The molecule has 3 aromatic rings. The van der Waals surface area contributed by atoms with Gasteiger partial charge >= 0.3 is 6.18 Å². The number of nitrogens with one attached hydrogen (secondary N) is 1. The number of hydrogen-bond donors (Lipinski definition) is 1. The van der Waals surface area contributed by atoms with Gasteiger partial charge < -0.3 is 10.2 Å². The minimum atomic E-state index is -4.05. The summed E-state index contributed by atoms with van der Waals surface area (Å²) in [5, 5.41) is 7.92. The van der Waals surface area contributed by atoms with Gasteiger partial charge in [0, 0.05) is 42.7 Å². The van der Waals surface area contributed by atoms with E-state index in [1.807, 2.05) is 18.3 Å². The number of anilines is 1. The summed E-state index contributed by atoms with van der Waals surface area (Å²) in [6.45, 7) is 2.43. The third-order valence-corrected chi connectivity index (χ3v) is 7.83. The van der Waals surface area contributed by atoms with Crippen molar-refractivity contribution < 1.29 is 13.2 Å². The Bertz CT molecular complexity index is 1100. The molecule has 5 rings (SSSR count). The predicted molar refractivity (Wildman–Crippen MR) is 128 cm³/mol. The average molecular weight is 537 g/mol. The van der Waals surface area contributed by atoms with E-state index in [1.54, 1.807) is 16.9 Å². The van der Waals surface area contributed by atoms with Crippen molar-refractivity contribution in [3.63, 3.8) is 0 Å². The van der Waals surface area contributed by atoms with E-state index in [0.29, 0.717) is 25.3 Å². The first kappa shape index (κ1) is 23.5. The van der Waals surface area contributed by atoms with Gasteiger partial charge in [0.05, 0.1) is 16.6 Å². The molecule has 182 valence electrons. The van der Waals surface area contributed by atoms with Crippen LogP contribution in [0.4, 0.5) is 19.0 Å². The van der Waals surface area contributed by atoms with Crippen molar-refractivity contribution in [3.8, 4) is 0 Å². The minimum absolute atomic E-state index is 0.257. The lowest BCUT2D eigenvalue weighted by Gasteiger charge is -2.41.